The Morgan fingerprint density at radius 2 is 1.92 bits per heavy atom. The molecule has 24 heavy (non-hydrogen) atoms. The molecule has 8 heteroatoms. The van der Waals surface area contributed by atoms with E-state index in [1.54, 1.807) is 31.2 Å². The second-order valence-corrected chi connectivity index (χ2v) is 5.76. The summed E-state index contributed by atoms with van der Waals surface area (Å²) < 4.78 is 11.6. The molecule has 2 aromatic rings. The van der Waals surface area contributed by atoms with Crippen LogP contribution in [0.5, 0.6) is 11.5 Å². The van der Waals surface area contributed by atoms with E-state index in [9.17, 15) is 14.9 Å². The largest absolute Gasteiger partial charge is 0.495 e. The molecule has 2 rings (SSSR count). The molecule has 0 saturated heterocycles. The zero-order valence-corrected chi connectivity index (χ0v) is 14.6. The summed E-state index contributed by atoms with van der Waals surface area (Å²) in [6.07, 6.45) is -0.796. The zero-order chi connectivity index (χ0) is 17.7. The van der Waals surface area contributed by atoms with E-state index in [1.807, 2.05) is 0 Å². The first kappa shape index (κ1) is 17.7. The van der Waals surface area contributed by atoms with Crippen LogP contribution < -0.4 is 14.8 Å². The number of methoxy groups -OCH3 is 1. The number of nitro groups is 1. The van der Waals surface area contributed by atoms with E-state index in [4.69, 9.17) is 9.47 Å². The van der Waals surface area contributed by atoms with Gasteiger partial charge in [-0.15, -0.1) is 0 Å². The molecule has 1 atom stereocenters. The lowest BCUT2D eigenvalue weighted by Gasteiger charge is -2.16. The minimum absolute atomic E-state index is 0.146. The Balaban J connectivity index is 2.11. The Morgan fingerprint density at radius 3 is 2.50 bits per heavy atom. The number of nitro benzene ring substituents is 1. The highest BCUT2D eigenvalue weighted by atomic mass is 79.9. The predicted molar refractivity (Wildman–Crippen MR) is 92.5 cm³/mol. The standard InChI is InChI=1S/C16H15BrN2O5/c1-10(24-13-6-3-11(17)4-7-13)16(20)18-14-9-12(19(21)22)5-8-15(14)23-2/h3-10H,1-2H3,(H,18,20)/t10-/m0/s1. The van der Waals surface area contributed by atoms with Crippen molar-refractivity contribution in [2.45, 2.75) is 13.0 Å². The maximum atomic E-state index is 12.3. The van der Waals surface area contributed by atoms with Crippen LogP contribution in [0.3, 0.4) is 0 Å². The van der Waals surface area contributed by atoms with E-state index in [0.29, 0.717) is 11.5 Å². The van der Waals surface area contributed by atoms with E-state index in [0.717, 1.165) is 4.47 Å². The highest BCUT2D eigenvalue weighted by Crippen LogP contribution is 2.29. The molecule has 0 fully saturated rings. The third-order valence-electron chi connectivity index (χ3n) is 3.15. The van der Waals surface area contributed by atoms with Crippen molar-refractivity contribution in [3.63, 3.8) is 0 Å². The fourth-order valence-electron chi connectivity index (χ4n) is 1.91. The number of benzene rings is 2. The normalized spacial score (nSPS) is 11.5. The molecular formula is C16H15BrN2O5. The number of nitrogens with zero attached hydrogens (tertiary/aromatic N) is 1. The van der Waals surface area contributed by atoms with Crippen molar-refractivity contribution in [2.24, 2.45) is 0 Å². The number of ether oxygens (including phenoxy) is 2. The van der Waals surface area contributed by atoms with Gasteiger partial charge < -0.3 is 14.8 Å². The van der Waals surface area contributed by atoms with Crippen LogP contribution in [0.15, 0.2) is 46.9 Å². The van der Waals surface area contributed by atoms with Crippen LogP contribution in [0, 0.1) is 10.1 Å². The van der Waals surface area contributed by atoms with E-state index >= 15 is 0 Å². The summed E-state index contributed by atoms with van der Waals surface area (Å²) in [5, 5.41) is 13.5. The summed E-state index contributed by atoms with van der Waals surface area (Å²) in [4.78, 5) is 22.6. The number of amides is 1. The van der Waals surface area contributed by atoms with Gasteiger partial charge >= 0.3 is 0 Å². The van der Waals surface area contributed by atoms with Crippen LogP contribution in [0.1, 0.15) is 6.92 Å². The maximum Gasteiger partial charge on any atom is 0.271 e. The molecule has 0 aliphatic heterocycles. The molecule has 0 heterocycles. The van der Waals surface area contributed by atoms with Gasteiger partial charge in [0.25, 0.3) is 11.6 Å². The first-order valence-electron chi connectivity index (χ1n) is 6.96. The van der Waals surface area contributed by atoms with Crippen molar-refractivity contribution in [3.05, 3.63) is 57.1 Å². The second-order valence-electron chi connectivity index (χ2n) is 4.84. The summed E-state index contributed by atoms with van der Waals surface area (Å²) in [5.41, 5.74) is 0.0653. The smallest absolute Gasteiger partial charge is 0.271 e. The average Bonchev–Trinajstić information content (AvgIpc) is 2.56. The number of carbonyl (C=O) groups excluding carboxylic acids is 1. The molecule has 2 aromatic carbocycles. The quantitative estimate of drug-likeness (QED) is 0.594. The van der Waals surface area contributed by atoms with Gasteiger partial charge in [-0.1, -0.05) is 15.9 Å². The number of anilines is 1. The monoisotopic (exact) mass is 394 g/mol. The van der Waals surface area contributed by atoms with Crippen LogP contribution >= 0.6 is 15.9 Å². The number of rotatable bonds is 6. The summed E-state index contributed by atoms with van der Waals surface area (Å²) >= 11 is 3.32. The van der Waals surface area contributed by atoms with Gasteiger partial charge in [0.1, 0.15) is 11.5 Å². The average molecular weight is 395 g/mol. The SMILES string of the molecule is COc1ccc([N+](=O)[O-])cc1NC(=O)[C@H](C)Oc1ccc(Br)cc1. The van der Waals surface area contributed by atoms with Gasteiger partial charge in [0.05, 0.1) is 17.7 Å². The lowest BCUT2D eigenvalue weighted by Crippen LogP contribution is -2.30. The van der Waals surface area contributed by atoms with E-state index < -0.39 is 16.9 Å². The van der Waals surface area contributed by atoms with Crippen molar-refractivity contribution >= 4 is 33.2 Å². The molecular weight excluding hydrogens is 380 g/mol. The lowest BCUT2D eigenvalue weighted by atomic mass is 10.2. The summed E-state index contributed by atoms with van der Waals surface area (Å²) in [7, 11) is 1.42. The molecule has 126 valence electrons. The van der Waals surface area contributed by atoms with E-state index in [-0.39, 0.29) is 11.4 Å². The molecule has 1 amide bonds. The second kappa shape index (κ2) is 7.78. The van der Waals surface area contributed by atoms with E-state index in [2.05, 4.69) is 21.2 Å². The van der Waals surface area contributed by atoms with Gasteiger partial charge in [0.2, 0.25) is 0 Å². The third-order valence-corrected chi connectivity index (χ3v) is 3.68. The Bertz CT molecular complexity index is 749. The topological polar surface area (TPSA) is 90.7 Å². The molecule has 0 spiro atoms. The van der Waals surface area contributed by atoms with Crippen molar-refractivity contribution in [1.29, 1.82) is 0 Å². The van der Waals surface area contributed by atoms with Gasteiger partial charge in [-0.2, -0.15) is 0 Å². The molecule has 0 aromatic heterocycles. The van der Waals surface area contributed by atoms with Crippen molar-refractivity contribution < 1.29 is 19.2 Å². The lowest BCUT2D eigenvalue weighted by molar-refractivity contribution is -0.384. The highest BCUT2D eigenvalue weighted by molar-refractivity contribution is 9.10. The van der Waals surface area contributed by atoms with Crippen molar-refractivity contribution in [1.82, 2.24) is 0 Å². The molecule has 0 unspecified atom stereocenters. The number of non-ortho nitro benzene ring substituents is 1. The molecule has 7 nitrogen and oxygen atoms in total. The van der Waals surface area contributed by atoms with Gasteiger partial charge in [-0.3, -0.25) is 14.9 Å². The molecule has 1 N–H and O–H groups in total. The fraction of sp³-hybridized carbons (Fsp3) is 0.188. The Hall–Kier alpha value is -2.61. The Labute approximate surface area is 146 Å². The zero-order valence-electron chi connectivity index (χ0n) is 13.0. The van der Waals surface area contributed by atoms with Gasteiger partial charge in [0, 0.05) is 16.6 Å². The molecule has 0 aliphatic carbocycles. The van der Waals surface area contributed by atoms with Crippen molar-refractivity contribution in [2.75, 3.05) is 12.4 Å². The van der Waals surface area contributed by atoms with Gasteiger partial charge in [-0.25, -0.2) is 0 Å². The number of nitrogens with one attached hydrogen (secondary N) is 1. The van der Waals surface area contributed by atoms with Crippen LogP contribution in [0.2, 0.25) is 0 Å². The summed E-state index contributed by atoms with van der Waals surface area (Å²) in [6, 6.07) is 11.0. The van der Waals surface area contributed by atoms with E-state index in [1.165, 1.54) is 25.3 Å². The molecule has 0 aliphatic rings. The number of halogens is 1. The van der Waals surface area contributed by atoms with Crippen LogP contribution in [0.25, 0.3) is 0 Å². The number of carbonyl (C=O) groups is 1. The first-order valence-corrected chi connectivity index (χ1v) is 7.75. The Kier molecular flexibility index (Phi) is 5.75. The molecule has 0 radical (unpaired) electrons. The molecule has 0 saturated carbocycles. The summed E-state index contributed by atoms with van der Waals surface area (Å²) in [6.45, 7) is 1.58. The Morgan fingerprint density at radius 1 is 1.25 bits per heavy atom. The fourth-order valence-corrected chi connectivity index (χ4v) is 2.18. The minimum Gasteiger partial charge on any atom is -0.495 e. The maximum absolute atomic E-state index is 12.3. The van der Waals surface area contributed by atoms with Crippen molar-refractivity contribution in [3.8, 4) is 11.5 Å². The highest BCUT2D eigenvalue weighted by Gasteiger charge is 2.19. The van der Waals surface area contributed by atoms with Crippen LogP contribution in [-0.4, -0.2) is 24.0 Å². The molecule has 0 bridgehead atoms. The predicted octanol–water partition coefficient (Wildman–Crippen LogP) is 3.77. The van der Waals surface area contributed by atoms with Crippen LogP contribution in [-0.2, 0) is 4.79 Å². The van der Waals surface area contributed by atoms with Gasteiger partial charge in [0.15, 0.2) is 6.10 Å². The minimum atomic E-state index is -0.796. The number of hydrogen-bond donors (Lipinski definition) is 1. The van der Waals surface area contributed by atoms with Crippen LogP contribution in [0.4, 0.5) is 11.4 Å². The summed E-state index contributed by atoms with van der Waals surface area (Å²) in [5.74, 6) is 0.411. The number of hydrogen-bond acceptors (Lipinski definition) is 5. The van der Waals surface area contributed by atoms with Gasteiger partial charge in [-0.05, 0) is 37.3 Å². The third kappa shape index (κ3) is 4.45. The first-order chi connectivity index (χ1) is 11.4.